The molecule has 0 saturated carbocycles. The lowest BCUT2D eigenvalue weighted by atomic mass is 10.1. The van der Waals surface area contributed by atoms with E-state index < -0.39 is 50.1 Å². The number of carbonyl (C=O) groups is 2. The molecule has 2 amide bonds. The number of ether oxygens (including phenoxy) is 1. The summed E-state index contributed by atoms with van der Waals surface area (Å²) in [6.45, 7) is -1.20. The second kappa shape index (κ2) is 9.62. The maximum absolute atomic E-state index is 13.6. The first-order chi connectivity index (χ1) is 15.5. The molecule has 1 fully saturated rings. The molecule has 2 aromatic rings. The number of aromatic nitrogens is 1. The Bertz CT molecular complexity index is 1090. The summed E-state index contributed by atoms with van der Waals surface area (Å²) in [5.74, 6) is -4.02. The summed E-state index contributed by atoms with van der Waals surface area (Å²) in [5.41, 5.74) is 0.742. The zero-order valence-electron chi connectivity index (χ0n) is 18.4. The number of rotatable bonds is 8. The number of quaternary nitrogens is 1. The van der Waals surface area contributed by atoms with Crippen molar-refractivity contribution in [3.05, 3.63) is 36.0 Å². The molecule has 3 rings (SSSR count). The number of alkyl halides is 3. The van der Waals surface area contributed by atoms with Crippen LogP contribution in [0.4, 0.5) is 13.2 Å². The monoisotopic (exact) mass is 464 g/mol. The third-order valence-electron chi connectivity index (χ3n) is 5.39. The van der Waals surface area contributed by atoms with Gasteiger partial charge in [-0.15, -0.1) is 0 Å². The molecular formula is C22H25F3N5O3+. The SMILES string of the molecule is C[N+](C)(CF)CCOc1ccc2nccc(C(=O)NCC(=O)N3CC(F)(F)C[C@H]3C#N)c2c1. The van der Waals surface area contributed by atoms with E-state index in [2.05, 4.69) is 10.3 Å². The van der Waals surface area contributed by atoms with Gasteiger partial charge in [0.15, 0.2) is 0 Å². The standard InChI is InChI=1S/C22H24F3N5O3/c1-30(2,14-23)7-8-33-16-3-4-19-18(9-16)17(5-6-27-19)21(32)28-12-20(31)29-13-22(24,25)10-15(29)11-26/h3-6,9,15H,7-8,10,12-14H2,1-2H3/p+1/t15-/m0/s1. The molecule has 1 atom stereocenters. The molecule has 0 unspecified atom stereocenters. The number of nitriles is 1. The van der Waals surface area contributed by atoms with Crippen LogP contribution >= 0.6 is 0 Å². The lowest BCUT2D eigenvalue weighted by molar-refractivity contribution is -0.902. The maximum atomic E-state index is 13.6. The fraction of sp³-hybridized carbons (Fsp3) is 0.455. The molecule has 0 spiro atoms. The molecule has 11 heteroatoms. The summed E-state index contributed by atoms with van der Waals surface area (Å²) in [6.07, 6.45) is 0.718. The molecule has 1 aromatic carbocycles. The van der Waals surface area contributed by atoms with Gasteiger partial charge in [0.2, 0.25) is 12.7 Å². The van der Waals surface area contributed by atoms with Crippen LogP contribution in [-0.4, -0.2) is 85.3 Å². The third-order valence-corrected chi connectivity index (χ3v) is 5.39. The molecule has 1 saturated heterocycles. The fourth-order valence-electron chi connectivity index (χ4n) is 3.43. The molecular weight excluding hydrogens is 439 g/mol. The zero-order chi connectivity index (χ0) is 24.2. The minimum absolute atomic E-state index is 0.145. The predicted octanol–water partition coefficient (Wildman–Crippen LogP) is 2.11. The van der Waals surface area contributed by atoms with Gasteiger partial charge in [-0.25, -0.2) is 8.78 Å². The molecule has 1 aliphatic rings. The van der Waals surface area contributed by atoms with Gasteiger partial charge in [0.1, 0.15) is 24.9 Å². The maximum Gasteiger partial charge on any atom is 0.268 e. The summed E-state index contributed by atoms with van der Waals surface area (Å²) < 4.78 is 45.9. The highest BCUT2D eigenvalue weighted by Crippen LogP contribution is 2.31. The van der Waals surface area contributed by atoms with E-state index in [1.54, 1.807) is 38.4 Å². The first-order valence-corrected chi connectivity index (χ1v) is 10.3. The number of fused-ring (bicyclic) bond motifs is 1. The van der Waals surface area contributed by atoms with Gasteiger partial charge < -0.3 is 15.0 Å². The molecule has 0 radical (unpaired) electrons. The van der Waals surface area contributed by atoms with Crippen LogP contribution in [0.15, 0.2) is 30.5 Å². The number of likely N-dealkylation sites (tertiary alicyclic amines) is 1. The van der Waals surface area contributed by atoms with Crippen molar-refractivity contribution >= 4 is 22.7 Å². The van der Waals surface area contributed by atoms with Crippen molar-refractivity contribution in [3.8, 4) is 11.8 Å². The highest BCUT2D eigenvalue weighted by Gasteiger charge is 2.47. The summed E-state index contributed by atoms with van der Waals surface area (Å²) in [7, 11) is 3.47. The van der Waals surface area contributed by atoms with E-state index in [1.807, 2.05) is 0 Å². The predicted molar refractivity (Wildman–Crippen MR) is 113 cm³/mol. The van der Waals surface area contributed by atoms with Gasteiger partial charge in [-0.3, -0.25) is 19.1 Å². The Balaban J connectivity index is 1.69. The Hall–Kier alpha value is -3.39. The van der Waals surface area contributed by atoms with Crippen molar-refractivity contribution < 1.29 is 32.0 Å². The zero-order valence-corrected chi connectivity index (χ0v) is 18.4. The highest BCUT2D eigenvalue weighted by atomic mass is 19.3. The lowest BCUT2D eigenvalue weighted by Gasteiger charge is -2.25. The molecule has 1 aliphatic heterocycles. The number of pyridine rings is 1. The first kappa shape index (κ1) is 24.3. The summed E-state index contributed by atoms with van der Waals surface area (Å²) in [4.78, 5) is 30.1. The number of halogens is 3. The second-order valence-electron chi connectivity index (χ2n) is 8.57. The quantitative estimate of drug-likeness (QED) is 0.477. The molecule has 33 heavy (non-hydrogen) atoms. The Morgan fingerprint density at radius 3 is 2.82 bits per heavy atom. The third kappa shape index (κ3) is 5.90. The number of hydrogen-bond donors (Lipinski definition) is 1. The van der Waals surface area contributed by atoms with E-state index in [9.17, 15) is 22.8 Å². The number of nitrogens with zero attached hydrogens (tertiary/aromatic N) is 4. The first-order valence-electron chi connectivity index (χ1n) is 10.3. The van der Waals surface area contributed by atoms with Crippen molar-refractivity contribution in [1.82, 2.24) is 15.2 Å². The average molecular weight is 464 g/mol. The van der Waals surface area contributed by atoms with E-state index >= 15 is 0 Å². The number of hydrogen-bond acceptors (Lipinski definition) is 5. The Morgan fingerprint density at radius 2 is 2.12 bits per heavy atom. The fourth-order valence-corrected chi connectivity index (χ4v) is 3.43. The van der Waals surface area contributed by atoms with Crippen LogP contribution in [0, 0.1) is 11.3 Å². The van der Waals surface area contributed by atoms with Crippen LogP contribution in [-0.2, 0) is 4.79 Å². The lowest BCUT2D eigenvalue weighted by Crippen LogP contribution is -2.43. The molecule has 0 aliphatic carbocycles. The highest BCUT2D eigenvalue weighted by molar-refractivity contribution is 6.07. The Morgan fingerprint density at radius 1 is 1.36 bits per heavy atom. The molecule has 176 valence electrons. The van der Waals surface area contributed by atoms with Gasteiger partial charge in [0.25, 0.3) is 11.8 Å². The van der Waals surface area contributed by atoms with E-state index in [-0.39, 0.29) is 16.7 Å². The smallest absolute Gasteiger partial charge is 0.268 e. The van der Waals surface area contributed by atoms with Gasteiger partial charge >= 0.3 is 0 Å². The normalized spacial score (nSPS) is 17.6. The largest absolute Gasteiger partial charge is 0.488 e. The summed E-state index contributed by atoms with van der Waals surface area (Å²) in [6, 6.07) is 6.92. The Kier molecular flexibility index (Phi) is 7.07. The topological polar surface area (TPSA) is 95.3 Å². The van der Waals surface area contributed by atoms with Crippen molar-refractivity contribution in [1.29, 1.82) is 5.26 Å². The molecule has 2 heterocycles. The van der Waals surface area contributed by atoms with Gasteiger partial charge in [-0.2, -0.15) is 9.65 Å². The number of amides is 2. The van der Waals surface area contributed by atoms with Crippen LogP contribution < -0.4 is 10.1 Å². The van der Waals surface area contributed by atoms with Crippen LogP contribution in [0.1, 0.15) is 16.8 Å². The molecule has 8 nitrogen and oxygen atoms in total. The molecule has 1 aromatic heterocycles. The molecule has 1 N–H and O–H groups in total. The average Bonchev–Trinajstić information content (AvgIpc) is 3.11. The van der Waals surface area contributed by atoms with Crippen LogP contribution in [0.5, 0.6) is 5.75 Å². The minimum atomic E-state index is -3.13. The number of likely N-dealkylation sites (N-methyl/N-ethyl adjacent to an activating group) is 1. The van der Waals surface area contributed by atoms with Crippen LogP contribution in [0.3, 0.4) is 0 Å². The number of carbonyl (C=O) groups excluding carboxylic acids is 2. The van der Waals surface area contributed by atoms with Crippen molar-refractivity contribution in [3.63, 3.8) is 0 Å². The number of nitrogens with one attached hydrogen (secondary N) is 1. The summed E-state index contributed by atoms with van der Waals surface area (Å²) in [5, 5.41) is 11.9. The van der Waals surface area contributed by atoms with E-state index in [4.69, 9.17) is 10.00 Å². The van der Waals surface area contributed by atoms with Gasteiger partial charge in [-0.1, -0.05) is 0 Å². The van der Waals surface area contributed by atoms with Gasteiger partial charge in [0.05, 0.1) is 44.3 Å². The minimum Gasteiger partial charge on any atom is -0.488 e. The Labute approximate surface area is 189 Å². The van der Waals surface area contributed by atoms with Crippen LogP contribution in [0.25, 0.3) is 10.9 Å². The number of benzene rings is 1. The van der Waals surface area contributed by atoms with E-state index in [0.29, 0.717) is 23.2 Å². The van der Waals surface area contributed by atoms with E-state index in [0.717, 1.165) is 4.90 Å². The van der Waals surface area contributed by atoms with Gasteiger partial charge in [0, 0.05) is 18.0 Å². The molecule has 0 bridgehead atoms. The van der Waals surface area contributed by atoms with Crippen molar-refractivity contribution in [2.45, 2.75) is 18.4 Å². The van der Waals surface area contributed by atoms with E-state index in [1.165, 1.54) is 12.3 Å². The second-order valence-corrected chi connectivity index (χ2v) is 8.57. The van der Waals surface area contributed by atoms with Gasteiger partial charge in [-0.05, 0) is 24.3 Å². The van der Waals surface area contributed by atoms with Crippen LogP contribution in [0.2, 0.25) is 0 Å². The summed E-state index contributed by atoms with van der Waals surface area (Å²) >= 11 is 0. The van der Waals surface area contributed by atoms with Crippen molar-refractivity contribution in [2.75, 3.05) is 47.1 Å². The van der Waals surface area contributed by atoms with Crippen molar-refractivity contribution in [2.24, 2.45) is 0 Å².